The van der Waals surface area contributed by atoms with E-state index >= 15 is 0 Å². The first-order valence-corrected chi connectivity index (χ1v) is 7.38. The number of carbonyl (C=O) groups excluding carboxylic acids is 2. The van der Waals surface area contributed by atoms with E-state index in [1.54, 1.807) is 40.0 Å². The number of amides is 2. The summed E-state index contributed by atoms with van der Waals surface area (Å²) in [4.78, 5) is 31.3. The van der Waals surface area contributed by atoms with E-state index in [9.17, 15) is 9.59 Å². The number of hydrogen-bond donors (Lipinski definition) is 1. The second-order valence-electron chi connectivity index (χ2n) is 6.61. The smallest absolute Gasteiger partial charge is 0.413 e. The number of ether oxygens (including phenoxy) is 1. The third-order valence-electron chi connectivity index (χ3n) is 2.88. The monoisotopic (exact) mass is 322 g/mol. The van der Waals surface area contributed by atoms with E-state index < -0.39 is 11.7 Å². The zero-order chi connectivity index (χ0) is 17.8. The van der Waals surface area contributed by atoms with Gasteiger partial charge in [0, 0.05) is 20.5 Å². The third-order valence-corrected chi connectivity index (χ3v) is 2.88. The normalized spacial score (nSPS) is 11.3. The van der Waals surface area contributed by atoms with Crippen LogP contribution in [-0.4, -0.2) is 48.6 Å². The van der Waals surface area contributed by atoms with Gasteiger partial charge in [-0.3, -0.25) is 10.1 Å². The minimum Gasteiger partial charge on any atom is -0.444 e. The van der Waals surface area contributed by atoms with Crippen molar-refractivity contribution in [2.45, 2.75) is 39.8 Å². The fraction of sp³-hybridized carbons (Fsp3) is 0.562. The van der Waals surface area contributed by atoms with Crippen LogP contribution >= 0.6 is 0 Å². The molecule has 7 nitrogen and oxygen atoms in total. The molecule has 23 heavy (non-hydrogen) atoms. The number of hydrogen-bond acceptors (Lipinski definition) is 5. The number of anilines is 2. The van der Waals surface area contributed by atoms with Gasteiger partial charge in [0.25, 0.3) is 0 Å². The first kappa shape index (κ1) is 18.9. The Balaban J connectivity index is 3.04. The van der Waals surface area contributed by atoms with E-state index in [1.807, 2.05) is 19.0 Å². The summed E-state index contributed by atoms with van der Waals surface area (Å²) < 4.78 is 5.21. The van der Waals surface area contributed by atoms with Crippen molar-refractivity contribution in [1.29, 1.82) is 0 Å². The summed E-state index contributed by atoms with van der Waals surface area (Å²) in [5, 5.41) is 2.61. The van der Waals surface area contributed by atoms with Crippen molar-refractivity contribution in [2.24, 2.45) is 0 Å². The Morgan fingerprint density at radius 2 is 1.83 bits per heavy atom. The van der Waals surface area contributed by atoms with E-state index in [0.717, 1.165) is 0 Å². The summed E-state index contributed by atoms with van der Waals surface area (Å²) in [6.07, 6.45) is -0.562. The van der Waals surface area contributed by atoms with Crippen LogP contribution in [0, 0.1) is 0 Å². The lowest BCUT2D eigenvalue weighted by Crippen LogP contribution is -2.28. The SMILES string of the molecule is CC(=O)N(C)c1ccc(NC(=O)OC(C)(C)C)nc1CN(C)C. The molecule has 0 bridgehead atoms. The summed E-state index contributed by atoms with van der Waals surface area (Å²) in [5.74, 6) is 0.302. The van der Waals surface area contributed by atoms with Crippen molar-refractivity contribution in [3.8, 4) is 0 Å². The Kier molecular flexibility index (Phi) is 6.09. The van der Waals surface area contributed by atoms with Crippen LogP contribution < -0.4 is 10.2 Å². The largest absolute Gasteiger partial charge is 0.444 e. The molecular weight excluding hydrogens is 296 g/mol. The molecule has 0 aliphatic carbocycles. The molecule has 128 valence electrons. The van der Waals surface area contributed by atoms with Gasteiger partial charge < -0.3 is 14.5 Å². The summed E-state index contributed by atoms with van der Waals surface area (Å²) in [5.41, 5.74) is 0.827. The second kappa shape index (κ2) is 7.41. The van der Waals surface area contributed by atoms with Crippen LogP contribution in [0.3, 0.4) is 0 Å². The van der Waals surface area contributed by atoms with Gasteiger partial charge >= 0.3 is 6.09 Å². The molecule has 0 radical (unpaired) electrons. The minimum atomic E-state index is -0.578. The Labute approximate surface area is 137 Å². The minimum absolute atomic E-state index is 0.0837. The van der Waals surface area contributed by atoms with Gasteiger partial charge in [0.15, 0.2) is 0 Å². The van der Waals surface area contributed by atoms with Gasteiger partial charge in [-0.05, 0) is 47.0 Å². The standard InChI is InChI=1S/C16H26N4O3/c1-11(21)20(7)13-8-9-14(17-12(13)10-19(5)6)18-15(22)23-16(2,3)4/h8-9H,10H2,1-7H3,(H,17,18,22). The number of aromatic nitrogens is 1. The predicted molar refractivity (Wildman–Crippen MR) is 90.6 cm³/mol. The summed E-state index contributed by atoms with van der Waals surface area (Å²) in [6, 6.07) is 3.41. The highest BCUT2D eigenvalue weighted by atomic mass is 16.6. The molecule has 0 aliphatic rings. The highest BCUT2D eigenvalue weighted by molar-refractivity contribution is 5.92. The fourth-order valence-electron chi connectivity index (χ4n) is 1.86. The quantitative estimate of drug-likeness (QED) is 0.921. The number of rotatable bonds is 4. The first-order valence-electron chi connectivity index (χ1n) is 7.38. The van der Waals surface area contributed by atoms with Gasteiger partial charge in [-0.1, -0.05) is 0 Å². The molecule has 0 fully saturated rings. The van der Waals surface area contributed by atoms with Crippen LogP contribution in [0.25, 0.3) is 0 Å². The lowest BCUT2D eigenvalue weighted by atomic mass is 10.2. The molecule has 1 heterocycles. The van der Waals surface area contributed by atoms with Crippen LogP contribution in [0.5, 0.6) is 0 Å². The zero-order valence-corrected chi connectivity index (χ0v) is 14.9. The molecule has 0 aromatic carbocycles. The maximum absolute atomic E-state index is 11.8. The summed E-state index contributed by atoms with van der Waals surface area (Å²) >= 11 is 0. The highest BCUT2D eigenvalue weighted by Crippen LogP contribution is 2.22. The first-order chi connectivity index (χ1) is 10.5. The Hall–Kier alpha value is -2.15. The van der Waals surface area contributed by atoms with Gasteiger partial charge in [0.2, 0.25) is 5.91 Å². The lowest BCUT2D eigenvalue weighted by molar-refractivity contribution is -0.116. The Bertz CT molecular complexity index is 579. The van der Waals surface area contributed by atoms with Gasteiger partial charge in [0.05, 0.1) is 11.4 Å². The van der Waals surface area contributed by atoms with Crippen molar-refractivity contribution in [2.75, 3.05) is 31.4 Å². The maximum atomic E-state index is 11.8. The molecule has 1 aromatic rings. The molecule has 0 atom stereocenters. The van der Waals surface area contributed by atoms with E-state index in [2.05, 4.69) is 10.3 Å². The molecule has 0 unspecified atom stereocenters. The van der Waals surface area contributed by atoms with Gasteiger partial charge in [0.1, 0.15) is 11.4 Å². The van der Waals surface area contributed by atoms with Crippen molar-refractivity contribution < 1.29 is 14.3 Å². The second-order valence-corrected chi connectivity index (χ2v) is 6.61. The van der Waals surface area contributed by atoms with Crippen molar-refractivity contribution in [1.82, 2.24) is 9.88 Å². The topological polar surface area (TPSA) is 74.8 Å². The van der Waals surface area contributed by atoms with E-state index in [0.29, 0.717) is 23.7 Å². The van der Waals surface area contributed by atoms with E-state index in [-0.39, 0.29) is 5.91 Å². The molecule has 1 rings (SSSR count). The molecule has 0 spiro atoms. The molecule has 1 N–H and O–H groups in total. The molecule has 0 aliphatic heterocycles. The Morgan fingerprint density at radius 3 is 2.30 bits per heavy atom. The van der Waals surface area contributed by atoms with Gasteiger partial charge in [-0.25, -0.2) is 9.78 Å². The zero-order valence-electron chi connectivity index (χ0n) is 14.9. The fourth-order valence-corrected chi connectivity index (χ4v) is 1.86. The molecule has 0 saturated carbocycles. The van der Waals surface area contributed by atoms with Gasteiger partial charge in [-0.15, -0.1) is 0 Å². The Morgan fingerprint density at radius 1 is 1.22 bits per heavy atom. The summed E-state index contributed by atoms with van der Waals surface area (Å²) in [7, 11) is 5.51. The van der Waals surface area contributed by atoms with Crippen molar-refractivity contribution in [3.05, 3.63) is 17.8 Å². The number of pyridine rings is 1. The van der Waals surface area contributed by atoms with Crippen molar-refractivity contribution >= 4 is 23.5 Å². The van der Waals surface area contributed by atoms with Crippen LogP contribution in [0.1, 0.15) is 33.4 Å². The van der Waals surface area contributed by atoms with Crippen LogP contribution in [0.2, 0.25) is 0 Å². The average Bonchev–Trinajstić information content (AvgIpc) is 2.34. The van der Waals surface area contributed by atoms with E-state index in [1.165, 1.54) is 11.8 Å². The lowest BCUT2D eigenvalue weighted by Gasteiger charge is -2.22. The van der Waals surface area contributed by atoms with Crippen molar-refractivity contribution in [3.63, 3.8) is 0 Å². The molecule has 2 amide bonds. The van der Waals surface area contributed by atoms with Gasteiger partial charge in [-0.2, -0.15) is 0 Å². The number of carbonyl (C=O) groups is 2. The molecule has 1 aromatic heterocycles. The predicted octanol–water partition coefficient (Wildman–Crippen LogP) is 2.47. The highest BCUT2D eigenvalue weighted by Gasteiger charge is 2.18. The van der Waals surface area contributed by atoms with Crippen LogP contribution in [0.4, 0.5) is 16.3 Å². The maximum Gasteiger partial charge on any atom is 0.413 e. The van der Waals surface area contributed by atoms with Crippen LogP contribution in [0.15, 0.2) is 12.1 Å². The molecular formula is C16H26N4O3. The average molecular weight is 322 g/mol. The third kappa shape index (κ3) is 6.23. The molecule has 0 saturated heterocycles. The van der Waals surface area contributed by atoms with Crippen LogP contribution in [-0.2, 0) is 16.1 Å². The van der Waals surface area contributed by atoms with E-state index in [4.69, 9.17) is 4.74 Å². The molecule has 7 heteroatoms. The number of nitrogens with zero attached hydrogens (tertiary/aromatic N) is 3. The number of nitrogens with one attached hydrogen (secondary N) is 1. The summed E-state index contributed by atoms with van der Waals surface area (Å²) in [6.45, 7) is 7.41.